The van der Waals surface area contributed by atoms with Crippen LogP contribution in [0.25, 0.3) is 0 Å². The van der Waals surface area contributed by atoms with Crippen molar-refractivity contribution in [1.82, 2.24) is 0 Å². The van der Waals surface area contributed by atoms with Crippen LogP contribution in [-0.4, -0.2) is 35.4 Å². The number of aliphatic hydroxyl groups is 1. The Morgan fingerprint density at radius 2 is 1.70 bits per heavy atom. The predicted molar refractivity (Wildman–Crippen MR) is 111 cm³/mol. The van der Waals surface area contributed by atoms with Gasteiger partial charge in [0, 0.05) is 6.61 Å². The van der Waals surface area contributed by atoms with Crippen LogP contribution in [0.3, 0.4) is 0 Å². The molecule has 5 aliphatic rings. The summed E-state index contributed by atoms with van der Waals surface area (Å²) in [6, 6.07) is 0. The van der Waals surface area contributed by atoms with Crippen LogP contribution in [0.4, 0.5) is 0 Å². The van der Waals surface area contributed by atoms with E-state index in [0.717, 1.165) is 37.5 Å². The number of fused-ring (bicyclic) bond motifs is 7. The van der Waals surface area contributed by atoms with E-state index in [-0.39, 0.29) is 11.9 Å². The molecule has 5 aliphatic carbocycles. The van der Waals surface area contributed by atoms with Gasteiger partial charge in [0.25, 0.3) is 0 Å². The van der Waals surface area contributed by atoms with E-state index >= 15 is 0 Å². The first-order chi connectivity index (χ1) is 14.4. The minimum atomic E-state index is -0.881. The maximum atomic E-state index is 13.2. The molecular formula is C25H38O5. The van der Waals surface area contributed by atoms with Crippen molar-refractivity contribution in [2.24, 2.45) is 71.0 Å². The van der Waals surface area contributed by atoms with Crippen molar-refractivity contribution >= 4 is 11.9 Å². The summed E-state index contributed by atoms with van der Waals surface area (Å²) in [5, 5.41) is 19.4. The molecule has 0 heterocycles. The van der Waals surface area contributed by atoms with Gasteiger partial charge in [-0.25, -0.2) is 0 Å². The minimum absolute atomic E-state index is 0.159. The molecule has 5 rings (SSSR count). The highest BCUT2D eigenvalue weighted by Crippen LogP contribution is 2.62. The number of carbonyl (C=O) groups excluding carboxylic acids is 1. The molecular weight excluding hydrogens is 380 g/mol. The quantitative estimate of drug-likeness (QED) is 0.614. The monoisotopic (exact) mass is 418 g/mol. The van der Waals surface area contributed by atoms with E-state index in [1.807, 2.05) is 0 Å². The van der Waals surface area contributed by atoms with Gasteiger partial charge in [-0.2, -0.15) is 0 Å². The van der Waals surface area contributed by atoms with Gasteiger partial charge in [0.05, 0.1) is 18.4 Å². The maximum absolute atomic E-state index is 13.2. The molecule has 0 aromatic rings. The summed E-state index contributed by atoms with van der Waals surface area (Å²) in [7, 11) is 0. The van der Waals surface area contributed by atoms with Gasteiger partial charge >= 0.3 is 11.9 Å². The molecule has 168 valence electrons. The van der Waals surface area contributed by atoms with E-state index in [0.29, 0.717) is 54.6 Å². The molecule has 0 saturated heterocycles. The van der Waals surface area contributed by atoms with Crippen molar-refractivity contribution in [3.05, 3.63) is 0 Å². The molecule has 0 spiro atoms. The largest absolute Gasteiger partial charge is 0.481 e. The predicted octanol–water partition coefficient (Wildman–Crippen LogP) is 3.84. The molecule has 0 aromatic carbocycles. The van der Waals surface area contributed by atoms with E-state index in [2.05, 4.69) is 6.92 Å². The molecule has 5 fully saturated rings. The maximum Gasteiger partial charge on any atom is 0.310 e. The van der Waals surface area contributed by atoms with Crippen molar-refractivity contribution in [2.75, 3.05) is 13.2 Å². The normalized spacial score (nSPS) is 48.0. The summed E-state index contributed by atoms with van der Waals surface area (Å²) < 4.78 is 5.89. The van der Waals surface area contributed by atoms with Crippen LogP contribution in [0.2, 0.25) is 0 Å². The summed E-state index contributed by atoms with van der Waals surface area (Å²) in [6.45, 7) is 4.68. The zero-order valence-corrected chi connectivity index (χ0v) is 18.4. The molecule has 0 amide bonds. The summed E-state index contributed by atoms with van der Waals surface area (Å²) in [4.78, 5) is 25.0. The van der Waals surface area contributed by atoms with E-state index in [1.54, 1.807) is 6.92 Å². The molecule has 12 unspecified atom stereocenters. The van der Waals surface area contributed by atoms with Crippen LogP contribution in [0.5, 0.6) is 0 Å². The average molecular weight is 419 g/mol. The molecule has 4 bridgehead atoms. The molecule has 30 heavy (non-hydrogen) atoms. The van der Waals surface area contributed by atoms with Crippen LogP contribution in [-0.2, 0) is 14.3 Å². The molecule has 0 aromatic heterocycles. The standard InChI is InChI=1S/C25H38O5/c1-12-15-3-4-16(7-15)22(12)23(13(2)24(27)28)25(29)30-11-14-5-19-17-8-18(10-26)20(9-17)21(19)6-14/h12-23,26H,3-11H2,1-2H3,(H,27,28). The van der Waals surface area contributed by atoms with Gasteiger partial charge in [-0.15, -0.1) is 0 Å². The number of aliphatic carboxylic acids is 1. The van der Waals surface area contributed by atoms with Crippen LogP contribution in [0, 0.1) is 71.0 Å². The number of hydrogen-bond acceptors (Lipinski definition) is 4. The fourth-order valence-corrected chi connectivity index (χ4v) is 9.06. The van der Waals surface area contributed by atoms with Gasteiger partial charge in [0.1, 0.15) is 0 Å². The SMILES string of the molecule is CC(C(=O)O)C(C(=O)OCC1CC2C3CC(CO)C(C3)C2C1)C1C2CCC(C2)C1C. The number of carboxylic acids is 1. The van der Waals surface area contributed by atoms with Crippen molar-refractivity contribution in [3.8, 4) is 0 Å². The highest BCUT2D eigenvalue weighted by atomic mass is 16.5. The Hall–Kier alpha value is -1.10. The van der Waals surface area contributed by atoms with Gasteiger partial charge in [-0.05, 0) is 104 Å². The first-order valence-electron chi connectivity index (χ1n) is 12.4. The zero-order chi connectivity index (χ0) is 21.2. The van der Waals surface area contributed by atoms with Gasteiger partial charge < -0.3 is 14.9 Å². The second kappa shape index (κ2) is 7.79. The van der Waals surface area contributed by atoms with E-state index in [1.165, 1.54) is 19.3 Å². The van der Waals surface area contributed by atoms with Crippen molar-refractivity contribution in [3.63, 3.8) is 0 Å². The number of carboxylic acid groups (broad SMARTS) is 1. The number of hydrogen-bond donors (Lipinski definition) is 2. The molecule has 5 heteroatoms. The molecule has 5 nitrogen and oxygen atoms in total. The first-order valence-corrected chi connectivity index (χ1v) is 12.4. The minimum Gasteiger partial charge on any atom is -0.481 e. The van der Waals surface area contributed by atoms with Crippen molar-refractivity contribution < 1.29 is 24.5 Å². The lowest BCUT2D eigenvalue weighted by Gasteiger charge is -2.35. The fourth-order valence-electron chi connectivity index (χ4n) is 9.06. The fraction of sp³-hybridized carbons (Fsp3) is 0.920. The Bertz CT molecular complexity index is 687. The Morgan fingerprint density at radius 3 is 2.37 bits per heavy atom. The van der Waals surface area contributed by atoms with Crippen LogP contribution in [0.1, 0.15) is 58.8 Å². The third-order valence-electron chi connectivity index (χ3n) is 10.4. The highest BCUT2D eigenvalue weighted by molar-refractivity contribution is 5.81. The topological polar surface area (TPSA) is 83.8 Å². The van der Waals surface area contributed by atoms with Crippen molar-refractivity contribution in [1.29, 1.82) is 0 Å². The average Bonchev–Trinajstić information content (AvgIpc) is 3.51. The Morgan fingerprint density at radius 1 is 0.967 bits per heavy atom. The molecule has 2 N–H and O–H groups in total. The highest BCUT2D eigenvalue weighted by Gasteiger charge is 2.56. The third kappa shape index (κ3) is 3.22. The summed E-state index contributed by atoms with van der Waals surface area (Å²) in [5.74, 6) is 3.14. The Labute approximate surface area is 179 Å². The zero-order valence-electron chi connectivity index (χ0n) is 18.4. The van der Waals surface area contributed by atoms with Crippen molar-refractivity contribution in [2.45, 2.75) is 58.8 Å². The number of rotatable bonds is 7. The Balaban J connectivity index is 1.22. The van der Waals surface area contributed by atoms with E-state index < -0.39 is 17.8 Å². The Kier molecular flexibility index (Phi) is 5.40. The van der Waals surface area contributed by atoms with Crippen LogP contribution >= 0.6 is 0 Å². The summed E-state index contributed by atoms with van der Waals surface area (Å²) in [5.41, 5.74) is 0. The van der Waals surface area contributed by atoms with Gasteiger partial charge in [0.15, 0.2) is 0 Å². The van der Waals surface area contributed by atoms with Gasteiger partial charge in [-0.1, -0.05) is 13.8 Å². The first kappa shape index (κ1) is 20.8. The molecule has 0 aliphatic heterocycles. The lowest BCUT2D eigenvalue weighted by atomic mass is 9.69. The second-order valence-corrected chi connectivity index (χ2v) is 11.6. The number of aliphatic hydroxyl groups excluding tert-OH is 1. The summed E-state index contributed by atoms with van der Waals surface area (Å²) >= 11 is 0. The third-order valence-corrected chi connectivity index (χ3v) is 10.4. The van der Waals surface area contributed by atoms with Crippen LogP contribution < -0.4 is 0 Å². The van der Waals surface area contributed by atoms with Gasteiger partial charge in [-0.3, -0.25) is 9.59 Å². The van der Waals surface area contributed by atoms with Gasteiger partial charge in [0.2, 0.25) is 0 Å². The molecule has 5 saturated carbocycles. The number of ether oxygens (including phenoxy) is 1. The smallest absolute Gasteiger partial charge is 0.310 e. The van der Waals surface area contributed by atoms with Crippen LogP contribution in [0.15, 0.2) is 0 Å². The lowest BCUT2D eigenvalue weighted by molar-refractivity contribution is -0.162. The second-order valence-electron chi connectivity index (χ2n) is 11.6. The molecule has 0 radical (unpaired) electrons. The number of carbonyl (C=O) groups is 2. The number of esters is 1. The lowest BCUT2D eigenvalue weighted by Crippen LogP contribution is -2.40. The summed E-state index contributed by atoms with van der Waals surface area (Å²) in [6.07, 6.45) is 8.23. The molecule has 12 atom stereocenters. The van der Waals surface area contributed by atoms with E-state index in [9.17, 15) is 19.8 Å². The van der Waals surface area contributed by atoms with E-state index in [4.69, 9.17) is 4.74 Å².